The Kier molecular flexibility index (Phi) is 15.1. The Morgan fingerprint density at radius 3 is 0.543 bits per heavy atom. The number of rotatable bonds is 6. The molecular weight excluding hydrogens is 618 g/mol. The predicted molar refractivity (Wildman–Crippen MR) is 188 cm³/mol. The topological polar surface area (TPSA) is 127 Å². The fourth-order valence-corrected chi connectivity index (χ4v) is 8.97. The molecule has 10 heteroatoms. The molecule has 8 nitrogen and oxygen atoms in total. The molecule has 0 aliphatic heterocycles. The third-order valence-electron chi connectivity index (χ3n) is 6.09. The van der Waals surface area contributed by atoms with Crippen LogP contribution in [0, 0.1) is 20.2 Å². The summed E-state index contributed by atoms with van der Waals surface area (Å²) in [6.45, 7) is 0. The lowest BCUT2D eigenvalue weighted by molar-refractivity contribution is -0.742. The van der Waals surface area contributed by atoms with Crippen LogP contribution in [0.4, 0.5) is 0 Å². The molecule has 0 bridgehead atoms. The van der Waals surface area contributed by atoms with E-state index in [9.17, 15) is 0 Å². The number of benzene rings is 6. The monoisotopic (exact) mass is 650 g/mol. The van der Waals surface area contributed by atoms with Gasteiger partial charge in [-0.25, -0.2) is 0 Å². The van der Waals surface area contributed by atoms with Crippen LogP contribution in [0.3, 0.4) is 0 Å². The van der Waals surface area contributed by atoms with E-state index in [1.54, 1.807) is 0 Å². The summed E-state index contributed by atoms with van der Waals surface area (Å²) in [6.07, 6.45) is 0. The van der Waals surface area contributed by atoms with Gasteiger partial charge in [-0.1, -0.05) is 182 Å². The molecule has 6 aromatic rings. The first-order valence-electron chi connectivity index (χ1n) is 13.9. The van der Waals surface area contributed by atoms with Gasteiger partial charge < -0.3 is 10.4 Å². The molecular formula is C36H32N2O6P2. The second-order valence-electron chi connectivity index (χ2n) is 9.16. The molecule has 0 amide bonds. The molecule has 232 valence electrons. The molecule has 46 heavy (non-hydrogen) atoms. The van der Waals surface area contributed by atoms with Crippen LogP contribution in [0.15, 0.2) is 182 Å². The molecule has 6 aromatic carbocycles. The lowest BCUT2D eigenvalue weighted by Gasteiger charge is -2.18. The van der Waals surface area contributed by atoms with E-state index >= 15 is 0 Å². The maximum absolute atomic E-state index is 8.36. The van der Waals surface area contributed by atoms with Crippen LogP contribution in [0.25, 0.3) is 0 Å². The molecule has 6 rings (SSSR count). The van der Waals surface area contributed by atoms with Crippen LogP contribution in [0.5, 0.6) is 0 Å². The van der Waals surface area contributed by atoms with Crippen LogP contribution in [-0.4, -0.2) is 20.6 Å². The van der Waals surface area contributed by atoms with Crippen LogP contribution >= 0.6 is 15.8 Å². The maximum Gasteiger partial charge on any atom is 0.291 e. The second-order valence-corrected chi connectivity index (χ2v) is 13.6. The fourth-order valence-electron chi connectivity index (χ4n) is 4.36. The third-order valence-corrected chi connectivity index (χ3v) is 11.0. The van der Waals surface area contributed by atoms with Crippen LogP contribution in [-0.2, 0) is 0 Å². The molecule has 0 fully saturated rings. The number of hydrogen-bond acceptors (Lipinski definition) is 4. The average molecular weight is 651 g/mol. The highest BCUT2D eigenvalue weighted by Crippen LogP contribution is 2.33. The third kappa shape index (κ3) is 12.3. The summed E-state index contributed by atoms with van der Waals surface area (Å²) in [5, 5.41) is 35.7. The minimum absolute atomic E-state index is 0.446. The summed E-state index contributed by atoms with van der Waals surface area (Å²) in [5.74, 6) is 0. The van der Waals surface area contributed by atoms with E-state index in [0.29, 0.717) is 0 Å². The smallest absolute Gasteiger partial charge is 0.291 e. The molecule has 0 heterocycles. The average Bonchev–Trinajstić information content (AvgIpc) is 3.08. The number of hydrogen-bond donors (Lipinski definition) is 2. The lowest BCUT2D eigenvalue weighted by atomic mass is 10.4. The van der Waals surface area contributed by atoms with Crippen LogP contribution in [0.2, 0.25) is 0 Å². The van der Waals surface area contributed by atoms with Gasteiger partial charge in [0.15, 0.2) is 0 Å². The molecule has 0 aliphatic rings. The highest BCUT2D eigenvalue weighted by molar-refractivity contribution is 7.80. The van der Waals surface area contributed by atoms with Gasteiger partial charge in [-0.2, -0.15) is 0 Å². The van der Waals surface area contributed by atoms with E-state index in [1.165, 1.54) is 31.8 Å². The lowest BCUT2D eigenvalue weighted by Crippen LogP contribution is -2.20. The van der Waals surface area contributed by atoms with Gasteiger partial charge in [0.2, 0.25) is 0 Å². The first kappa shape index (κ1) is 35.1. The van der Waals surface area contributed by atoms with Crippen molar-refractivity contribution in [2.45, 2.75) is 0 Å². The van der Waals surface area contributed by atoms with Gasteiger partial charge >= 0.3 is 0 Å². The Morgan fingerprint density at radius 1 is 0.326 bits per heavy atom. The van der Waals surface area contributed by atoms with Crippen molar-refractivity contribution in [1.82, 2.24) is 0 Å². The van der Waals surface area contributed by atoms with E-state index in [-0.39, 0.29) is 0 Å². The van der Waals surface area contributed by atoms with Crippen molar-refractivity contribution in [2.75, 3.05) is 0 Å². The van der Waals surface area contributed by atoms with Crippen molar-refractivity contribution in [3.8, 4) is 0 Å². The number of nitrogens with zero attached hydrogens (tertiary/aromatic N) is 2. The Morgan fingerprint density at radius 2 is 0.435 bits per heavy atom. The Hall–Kier alpha value is -5.42. The van der Waals surface area contributed by atoms with E-state index in [1.807, 2.05) is 0 Å². The van der Waals surface area contributed by atoms with Gasteiger partial charge in [-0.05, 0) is 47.7 Å². The van der Waals surface area contributed by atoms with E-state index < -0.39 is 26.0 Å². The first-order valence-corrected chi connectivity index (χ1v) is 16.6. The summed E-state index contributed by atoms with van der Waals surface area (Å²) in [7, 11) is -0.892. The zero-order chi connectivity index (χ0) is 33.0. The van der Waals surface area contributed by atoms with Crippen molar-refractivity contribution in [2.24, 2.45) is 0 Å². The zero-order valence-corrected chi connectivity index (χ0v) is 26.4. The van der Waals surface area contributed by atoms with Gasteiger partial charge in [0, 0.05) is 0 Å². The van der Waals surface area contributed by atoms with Gasteiger partial charge in [0.05, 0.1) is 0 Å². The molecule has 0 atom stereocenters. The highest BCUT2D eigenvalue weighted by Gasteiger charge is 2.16. The Labute approximate surface area is 270 Å². The van der Waals surface area contributed by atoms with E-state index in [4.69, 9.17) is 30.6 Å². The summed E-state index contributed by atoms with van der Waals surface area (Å²) >= 11 is 0. The van der Waals surface area contributed by atoms with E-state index in [0.717, 1.165) is 0 Å². The zero-order valence-electron chi connectivity index (χ0n) is 24.6. The van der Waals surface area contributed by atoms with Crippen molar-refractivity contribution < 1.29 is 20.6 Å². The first-order chi connectivity index (χ1) is 22.4. The van der Waals surface area contributed by atoms with Gasteiger partial charge in [0.25, 0.3) is 10.2 Å². The van der Waals surface area contributed by atoms with Gasteiger partial charge in [-0.3, -0.25) is 0 Å². The largest absolute Gasteiger partial charge is 0.328 e. The molecule has 0 spiro atoms. The second kappa shape index (κ2) is 19.8. The molecule has 0 saturated heterocycles. The summed E-state index contributed by atoms with van der Waals surface area (Å²) in [4.78, 5) is 16.7. The summed E-state index contributed by atoms with van der Waals surface area (Å²) in [6, 6.07) is 64.7. The Bertz CT molecular complexity index is 1380. The SMILES string of the molecule is O=[N+]([O-])O.O=[N+]([O-])O.c1ccc(P(c2ccccc2)c2ccccc2)cc1.c1ccc(P(c2ccccc2)c2ccccc2)cc1. The van der Waals surface area contributed by atoms with Crippen molar-refractivity contribution >= 4 is 47.7 Å². The maximum atomic E-state index is 8.36. The normalized spacial score (nSPS) is 9.78. The van der Waals surface area contributed by atoms with Crippen LogP contribution < -0.4 is 31.8 Å². The molecule has 0 unspecified atom stereocenters. The molecule has 0 radical (unpaired) electrons. The highest BCUT2D eigenvalue weighted by atomic mass is 31.1. The molecule has 0 aromatic heterocycles. The minimum Gasteiger partial charge on any atom is -0.328 e. The van der Waals surface area contributed by atoms with Crippen molar-refractivity contribution in [3.05, 3.63) is 202 Å². The Balaban J connectivity index is 0.000000204. The molecule has 2 N–H and O–H groups in total. The summed E-state index contributed by atoms with van der Waals surface area (Å²) in [5.41, 5.74) is 0. The van der Waals surface area contributed by atoms with Gasteiger partial charge in [0.1, 0.15) is 0 Å². The molecule has 0 aliphatic carbocycles. The standard InChI is InChI=1S/2C18H15P.2HNO3/c2*1-4-10-16(11-5-1)19(17-12-6-2-7-13-17)18-14-8-3-9-15-18;2*2-1(3)4/h2*1-15H;2*(H,2,3,4). The quantitative estimate of drug-likeness (QED) is 0.126. The van der Waals surface area contributed by atoms with Gasteiger partial charge in [-0.15, -0.1) is 20.2 Å². The van der Waals surface area contributed by atoms with Crippen molar-refractivity contribution in [1.29, 1.82) is 0 Å². The molecule has 0 saturated carbocycles. The van der Waals surface area contributed by atoms with Crippen molar-refractivity contribution in [3.63, 3.8) is 0 Å². The minimum atomic E-state index is -1.50. The fraction of sp³-hybridized carbons (Fsp3) is 0. The predicted octanol–water partition coefficient (Wildman–Crippen LogP) is 6.19. The van der Waals surface area contributed by atoms with Crippen LogP contribution in [0.1, 0.15) is 0 Å². The van der Waals surface area contributed by atoms with E-state index in [2.05, 4.69) is 182 Å². The summed E-state index contributed by atoms with van der Waals surface area (Å²) < 4.78 is 0.